The van der Waals surface area contributed by atoms with Crippen LogP contribution >= 0.6 is 15.9 Å². The Labute approximate surface area is 119 Å². The highest BCUT2D eigenvalue weighted by Crippen LogP contribution is 2.30. The van der Waals surface area contributed by atoms with Crippen molar-refractivity contribution >= 4 is 21.9 Å². The monoisotopic (exact) mass is 324 g/mol. The van der Waals surface area contributed by atoms with Crippen LogP contribution in [0, 0.1) is 0 Å². The first-order valence-corrected chi connectivity index (χ1v) is 6.52. The van der Waals surface area contributed by atoms with Crippen molar-refractivity contribution in [3.63, 3.8) is 0 Å². The lowest BCUT2D eigenvalue weighted by molar-refractivity contribution is 0.0518. The molecule has 0 spiro atoms. The van der Waals surface area contributed by atoms with Gasteiger partial charge < -0.3 is 9.47 Å². The quantitative estimate of drug-likeness (QED) is 0.878. The Hall–Kier alpha value is -1.82. The van der Waals surface area contributed by atoms with Gasteiger partial charge in [0.25, 0.3) is 0 Å². The number of H-pyrrole nitrogens is 1. The standard InChI is InChI=1S/C13H13BrN2O3/c1-3-19-13(17)12-10(14)11(15-16-12)8-4-6-9(18-2)7-5-8/h4-7H,3H2,1-2H3,(H,15,16). The van der Waals surface area contributed by atoms with Gasteiger partial charge in [-0.1, -0.05) is 0 Å². The molecule has 0 fully saturated rings. The van der Waals surface area contributed by atoms with Crippen LogP contribution in [0.4, 0.5) is 0 Å². The number of hydrogen-bond donors (Lipinski definition) is 1. The van der Waals surface area contributed by atoms with E-state index in [0.717, 1.165) is 11.3 Å². The summed E-state index contributed by atoms with van der Waals surface area (Å²) < 4.78 is 10.6. The van der Waals surface area contributed by atoms with E-state index in [1.807, 2.05) is 24.3 Å². The average Bonchev–Trinajstić information content (AvgIpc) is 2.81. The molecule has 0 radical (unpaired) electrons. The fraction of sp³-hybridized carbons (Fsp3) is 0.231. The second-order valence-electron chi connectivity index (χ2n) is 3.71. The SMILES string of the molecule is CCOC(=O)c1[nH]nc(-c2ccc(OC)cc2)c1Br. The van der Waals surface area contributed by atoms with Crippen LogP contribution in [0.1, 0.15) is 17.4 Å². The number of aromatic amines is 1. The number of nitrogens with one attached hydrogen (secondary N) is 1. The van der Waals surface area contributed by atoms with Gasteiger partial charge in [0.2, 0.25) is 0 Å². The highest BCUT2D eigenvalue weighted by Gasteiger charge is 2.19. The molecule has 1 N–H and O–H groups in total. The predicted octanol–water partition coefficient (Wildman–Crippen LogP) is 3.02. The van der Waals surface area contributed by atoms with Crippen molar-refractivity contribution in [3.8, 4) is 17.0 Å². The maximum atomic E-state index is 11.7. The van der Waals surface area contributed by atoms with Crippen LogP contribution in [0.2, 0.25) is 0 Å². The molecular formula is C13H13BrN2O3. The number of hydrogen-bond acceptors (Lipinski definition) is 4. The van der Waals surface area contributed by atoms with E-state index in [4.69, 9.17) is 9.47 Å². The molecule has 19 heavy (non-hydrogen) atoms. The van der Waals surface area contributed by atoms with Crippen LogP contribution in [-0.2, 0) is 4.74 Å². The van der Waals surface area contributed by atoms with Gasteiger partial charge >= 0.3 is 5.97 Å². The summed E-state index contributed by atoms with van der Waals surface area (Å²) in [6, 6.07) is 7.41. The van der Waals surface area contributed by atoms with E-state index in [1.165, 1.54) is 0 Å². The molecular weight excluding hydrogens is 312 g/mol. The topological polar surface area (TPSA) is 64.2 Å². The molecule has 0 amide bonds. The summed E-state index contributed by atoms with van der Waals surface area (Å²) in [4.78, 5) is 11.7. The predicted molar refractivity (Wildman–Crippen MR) is 74.2 cm³/mol. The van der Waals surface area contributed by atoms with E-state index in [0.29, 0.717) is 22.5 Å². The Morgan fingerprint density at radius 2 is 2.05 bits per heavy atom. The summed E-state index contributed by atoms with van der Waals surface area (Å²) in [6.07, 6.45) is 0. The van der Waals surface area contributed by atoms with Crippen LogP contribution in [0.15, 0.2) is 28.7 Å². The third-order valence-corrected chi connectivity index (χ3v) is 3.32. The molecule has 1 heterocycles. The molecule has 1 aromatic carbocycles. The van der Waals surface area contributed by atoms with Gasteiger partial charge in [-0.05, 0) is 47.1 Å². The van der Waals surface area contributed by atoms with Crippen molar-refractivity contribution in [2.45, 2.75) is 6.92 Å². The van der Waals surface area contributed by atoms with Crippen LogP contribution in [-0.4, -0.2) is 29.9 Å². The lowest BCUT2D eigenvalue weighted by atomic mass is 10.1. The normalized spacial score (nSPS) is 10.3. The van der Waals surface area contributed by atoms with Crippen LogP contribution in [0.5, 0.6) is 5.75 Å². The molecule has 0 aliphatic carbocycles. The number of aromatic nitrogens is 2. The summed E-state index contributed by atoms with van der Waals surface area (Å²) in [5.74, 6) is 0.336. The number of nitrogens with zero attached hydrogens (tertiary/aromatic N) is 1. The summed E-state index contributed by atoms with van der Waals surface area (Å²) in [5.41, 5.74) is 1.85. The fourth-order valence-corrected chi connectivity index (χ4v) is 2.18. The molecule has 0 bridgehead atoms. The Kier molecular flexibility index (Phi) is 4.21. The van der Waals surface area contributed by atoms with Gasteiger partial charge in [0.1, 0.15) is 11.4 Å². The maximum absolute atomic E-state index is 11.7. The second kappa shape index (κ2) is 5.88. The Bertz CT molecular complexity index is 578. The van der Waals surface area contributed by atoms with Gasteiger partial charge in [-0.15, -0.1) is 0 Å². The van der Waals surface area contributed by atoms with Crippen molar-refractivity contribution in [1.82, 2.24) is 10.2 Å². The number of halogens is 1. The summed E-state index contributed by atoms with van der Waals surface area (Å²) in [5, 5.41) is 6.81. The lowest BCUT2D eigenvalue weighted by Crippen LogP contribution is -2.05. The molecule has 0 aliphatic heterocycles. The van der Waals surface area contributed by atoms with Crippen molar-refractivity contribution < 1.29 is 14.3 Å². The van der Waals surface area contributed by atoms with E-state index < -0.39 is 5.97 Å². The minimum Gasteiger partial charge on any atom is -0.497 e. The van der Waals surface area contributed by atoms with Crippen molar-refractivity contribution in [1.29, 1.82) is 0 Å². The molecule has 0 saturated heterocycles. The minimum atomic E-state index is -0.429. The van der Waals surface area contributed by atoms with Crippen LogP contribution in [0.3, 0.4) is 0 Å². The summed E-state index contributed by atoms with van der Waals surface area (Å²) in [7, 11) is 1.61. The van der Waals surface area contributed by atoms with Crippen molar-refractivity contribution in [3.05, 3.63) is 34.4 Å². The number of benzene rings is 1. The number of ether oxygens (including phenoxy) is 2. The third-order valence-electron chi connectivity index (χ3n) is 2.55. The Morgan fingerprint density at radius 3 is 2.63 bits per heavy atom. The van der Waals surface area contributed by atoms with Crippen LogP contribution < -0.4 is 4.74 Å². The van der Waals surface area contributed by atoms with E-state index in [9.17, 15) is 4.79 Å². The smallest absolute Gasteiger partial charge is 0.357 e. The number of esters is 1. The lowest BCUT2D eigenvalue weighted by Gasteiger charge is -2.02. The zero-order valence-corrected chi connectivity index (χ0v) is 12.2. The number of carbonyl (C=O) groups excluding carboxylic acids is 1. The van der Waals surface area contributed by atoms with Gasteiger partial charge in [0, 0.05) is 5.56 Å². The van der Waals surface area contributed by atoms with Gasteiger partial charge in [-0.3, -0.25) is 5.10 Å². The maximum Gasteiger partial charge on any atom is 0.357 e. The highest BCUT2D eigenvalue weighted by atomic mass is 79.9. The van der Waals surface area contributed by atoms with E-state index in [-0.39, 0.29) is 0 Å². The molecule has 2 aromatic rings. The highest BCUT2D eigenvalue weighted by molar-refractivity contribution is 9.10. The molecule has 0 aliphatic rings. The second-order valence-corrected chi connectivity index (χ2v) is 4.50. The Balaban J connectivity index is 2.32. The molecule has 0 unspecified atom stereocenters. The van der Waals surface area contributed by atoms with Crippen molar-refractivity contribution in [2.24, 2.45) is 0 Å². The van der Waals surface area contributed by atoms with Gasteiger partial charge in [-0.2, -0.15) is 5.10 Å². The molecule has 6 heteroatoms. The van der Waals surface area contributed by atoms with E-state index >= 15 is 0 Å². The molecule has 100 valence electrons. The largest absolute Gasteiger partial charge is 0.497 e. The average molecular weight is 325 g/mol. The van der Waals surface area contributed by atoms with Gasteiger partial charge in [-0.25, -0.2) is 4.79 Å². The molecule has 5 nitrogen and oxygen atoms in total. The minimum absolute atomic E-state index is 0.313. The molecule has 0 atom stereocenters. The third kappa shape index (κ3) is 2.78. The zero-order valence-electron chi connectivity index (χ0n) is 10.6. The fourth-order valence-electron chi connectivity index (χ4n) is 1.61. The summed E-state index contributed by atoms with van der Waals surface area (Å²) >= 11 is 3.37. The molecule has 1 aromatic heterocycles. The summed E-state index contributed by atoms with van der Waals surface area (Å²) in [6.45, 7) is 2.08. The zero-order chi connectivity index (χ0) is 13.8. The van der Waals surface area contributed by atoms with E-state index in [2.05, 4.69) is 26.1 Å². The first-order chi connectivity index (χ1) is 9.17. The van der Waals surface area contributed by atoms with Gasteiger partial charge in [0.05, 0.1) is 18.2 Å². The van der Waals surface area contributed by atoms with Gasteiger partial charge in [0.15, 0.2) is 5.69 Å². The first kappa shape index (κ1) is 13.6. The number of methoxy groups -OCH3 is 1. The Morgan fingerprint density at radius 1 is 1.37 bits per heavy atom. The number of rotatable bonds is 4. The van der Waals surface area contributed by atoms with Crippen LogP contribution in [0.25, 0.3) is 11.3 Å². The van der Waals surface area contributed by atoms with E-state index in [1.54, 1.807) is 14.0 Å². The number of carbonyl (C=O) groups is 1. The molecule has 2 rings (SSSR count). The molecule has 0 saturated carbocycles. The first-order valence-electron chi connectivity index (χ1n) is 5.72. The van der Waals surface area contributed by atoms with Crippen molar-refractivity contribution in [2.75, 3.05) is 13.7 Å².